The highest BCUT2D eigenvalue weighted by Gasteiger charge is 2.28. The van der Waals surface area contributed by atoms with Gasteiger partial charge in [0.15, 0.2) is 11.2 Å². The number of likely N-dealkylation sites (N-methyl/N-ethyl adjacent to an activating group) is 1. The highest BCUT2D eigenvalue weighted by atomic mass is 35.5. The maximum Gasteiger partial charge on any atom is 0.339 e. The number of aromatic nitrogens is 2. The molecule has 1 N–H and O–H groups in total. The van der Waals surface area contributed by atoms with Crippen molar-refractivity contribution in [3.63, 3.8) is 0 Å². The monoisotopic (exact) mass is 520 g/mol. The van der Waals surface area contributed by atoms with E-state index in [0.717, 1.165) is 52.9 Å². The first kappa shape index (κ1) is 24.4. The predicted molar refractivity (Wildman–Crippen MR) is 142 cm³/mol. The molecule has 9 heteroatoms. The quantitative estimate of drug-likeness (QED) is 0.334. The fourth-order valence-corrected chi connectivity index (χ4v) is 5.16. The van der Waals surface area contributed by atoms with Crippen LogP contribution in [0.15, 0.2) is 53.9 Å². The van der Waals surface area contributed by atoms with Crippen LogP contribution in [0, 0.1) is 0 Å². The van der Waals surface area contributed by atoms with Crippen molar-refractivity contribution in [2.45, 2.75) is 32.9 Å². The molecule has 2 aromatic carbocycles. The number of benzene rings is 2. The maximum atomic E-state index is 13.4. The van der Waals surface area contributed by atoms with Crippen molar-refractivity contribution in [1.82, 2.24) is 14.9 Å². The van der Waals surface area contributed by atoms with Gasteiger partial charge in [0.1, 0.15) is 0 Å². The minimum atomic E-state index is -1.01. The van der Waals surface area contributed by atoms with Gasteiger partial charge in [-0.3, -0.25) is 20.0 Å². The summed E-state index contributed by atoms with van der Waals surface area (Å²) < 4.78 is 5.68. The number of halogens is 1. The average Bonchev–Trinajstić information content (AvgIpc) is 3.35. The molecule has 0 saturated carbocycles. The van der Waals surface area contributed by atoms with E-state index in [1.807, 2.05) is 41.8 Å². The Bertz CT molecular complexity index is 1440. The number of thiazole rings is 1. The van der Waals surface area contributed by atoms with Crippen LogP contribution in [-0.4, -0.2) is 45.9 Å². The van der Waals surface area contributed by atoms with Gasteiger partial charge in [0.25, 0.3) is 5.91 Å². The molecule has 2 aromatic heterocycles. The Morgan fingerprint density at radius 2 is 1.94 bits per heavy atom. The zero-order chi connectivity index (χ0) is 25.2. The first-order chi connectivity index (χ1) is 17.4. The van der Waals surface area contributed by atoms with E-state index in [9.17, 15) is 9.59 Å². The maximum absolute atomic E-state index is 13.4. The lowest BCUT2D eigenvalue weighted by molar-refractivity contribution is -0.123. The third kappa shape index (κ3) is 4.97. The van der Waals surface area contributed by atoms with Gasteiger partial charge in [-0.15, -0.1) is 11.3 Å². The lowest BCUT2D eigenvalue weighted by Gasteiger charge is -2.29. The molecule has 1 aliphatic heterocycles. The first-order valence-electron chi connectivity index (χ1n) is 11.8. The van der Waals surface area contributed by atoms with Gasteiger partial charge in [0, 0.05) is 52.1 Å². The molecule has 1 unspecified atom stereocenters. The minimum Gasteiger partial charge on any atom is -0.449 e. The zero-order valence-electron chi connectivity index (χ0n) is 20.0. The van der Waals surface area contributed by atoms with Crippen molar-refractivity contribution in [2.24, 2.45) is 0 Å². The number of carbonyl (C=O) groups excluding carboxylic acids is 2. The van der Waals surface area contributed by atoms with E-state index in [0.29, 0.717) is 22.3 Å². The van der Waals surface area contributed by atoms with Crippen LogP contribution in [0.25, 0.3) is 22.2 Å². The molecule has 1 aliphatic rings. The third-order valence-electron chi connectivity index (χ3n) is 6.30. The number of nitrogens with one attached hydrogen (secondary N) is 1. The number of amides is 1. The topological polar surface area (TPSA) is 84.4 Å². The van der Waals surface area contributed by atoms with Crippen LogP contribution >= 0.6 is 22.9 Å². The number of esters is 1. The van der Waals surface area contributed by atoms with E-state index in [2.05, 4.69) is 22.1 Å². The van der Waals surface area contributed by atoms with Gasteiger partial charge in [-0.1, -0.05) is 48.9 Å². The fourth-order valence-electron chi connectivity index (χ4n) is 4.31. The summed E-state index contributed by atoms with van der Waals surface area (Å²) in [6, 6.07) is 14.9. The van der Waals surface area contributed by atoms with E-state index in [1.54, 1.807) is 19.1 Å². The number of ether oxygens (including phenoxy) is 1. The van der Waals surface area contributed by atoms with Crippen LogP contribution in [0.3, 0.4) is 0 Å². The average molecular weight is 521 g/mol. The summed E-state index contributed by atoms with van der Waals surface area (Å²) in [5.41, 5.74) is 4.67. The molecule has 0 fully saturated rings. The molecule has 1 amide bonds. The number of hydrogen-bond acceptors (Lipinski definition) is 7. The van der Waals surface area contributed by atoms with Crippen molar-refractivity contribution in [3.8, 4) is 11.3 Å². The number of para-hydroxylation sites is 1. The van der Waals surface area contributed by atoms with Crippen LogP contribution in [0.4, 0.5) is 5.13 Å². The Kier molecular flexibility index (Phi) is 7.00. The standard InChI is InChI=1S/C27H25ClN4O3S/c1-3-32-13-12-22-20(14-32)24(19-6-4-5-7-21(19)29-22)26(34)35-16(2)25(33)31-27-30-23(15-36-27)17-8-10-18(28)11-9-17/h4-11,15-16H,3,12-14H2,1-2H3,(H,30,31,33). The summed E-state index contributed by atoms with van der Waals surface area (Å²) >= 11 is 7.26. The molecule has 0 aliphatic carbocycles. The van der Waals surface area contributed by atoms with Crippen molar-refractivity contribution in [1.29, 1.82) is 0 Å². The lowest BCUT2D eigenvalue weighted by Crippen LogP contribution is -2.34. The lowest BCUT2D eigenvalue weighted by atomic mass is 9.95. The largest absolute Gasteiger partial charge is 0.449 e. The number of rotatable bonds is 6. The molecule has 0 spiro atoms. The molecule has 7 nitrogen and oxygen atoms in total. The van der Waals surface area contributed by atoms with Gasteiger partial charge in [0.2, 0.25) is 0 Å². The summed E-state index contributed by atoms with van der Waals surface area (Å²) in [6.07, 6.45) is -0.238. The Labute approximate surface area is 218 Å². The molecule has 5 rings (SSSR count). The highest BCUT2D eigenvalue weighted by Crippen LogP contribution is 2.30. The second kappa shape index (κ2) is 10.3. The van der Waals surface area contributed by atoms with Crippen molar-refractivity contribution >= 4 is 50.8 Å². The summed E-state index contributed by atoms with van der Waals surface area (Å²) in [7, 11) is 0. The van der Waals surface area contributed by atoms with E-state index in [-0.39, 0.29) is 0 Å². The Balaban J connectivity index is 1.34. The molecule has 184 valence electrons. The molecule has 0 radical (unpaired) electrons. The second-order valence-electron chi connectivity index (χ2n) is 8.63. The number of pyridine rings is 1. The Morgan fingerprint density at radius 3 is 2.72 bits per heavy atom. The van der Waals surface area contributed by atoms with Gasteiger partial charge in [-0.2, -0.15) is 0 Å². The number of carbonyl (C=O) groups is 2. The predicted octanol–water partition coefficient (Wildman–Crippen LogP) is 5.57. The fraction of sp³-hybridized carbons (Fsp3) is 0.259. The number of nitrogens with zero attached hydrogens (tertiary/aromatic N) is 3. The van der Waals surface area contributed by atoms with Gasteiger partial charge in [0.05, 0.1) is 16.8 Å². The van der Waals surface area contributed by atoms with Crippen LogP contribution in [0.5, 0.6) is 0 Å². The van der Waals surface area contributed by atoms with E-state index in [4.69, 9.17) is 21.3 Å². The SMILES string of the molecule is CCN1CCc2nc3ccccc3c(C(=O)OC(C)C(=O)Nc3nc(-c4ccc(Cl)cc4)cs3)c2C1. The van der Waals surface area contributed by atoms with E-state index >= 15 is 0 Å². The third-order valence-corrected chi connectivity index (χ3v) is 7.31. The van der Waals surface area contributed by atoms with Crippen LogP contribution in [-0.2, 0) is 22.5 Å². The molecule has 1 atom stereocenters. The molecule has 0 saturated heterocycles. The molecule has 36 heavy (non-hydrogen) atoms. The minimum absolute atomic E-state index is 0.429. The van der Waals surface area contributed by atoms with Gasteiger partial charge < -0.3 is 4.74 Å². The molecular formula is C27H25ClN4O3S. The van der Waals surface area contributed by atoms with E-state index < -0.39 is 18.0 Å². The summed E-state index contributed by atoms with van der Waals surface area (Å²) in [4.78, 5) is 37.8. The highest BCUT2D eigenvalue weighted by molar-refractivity contribution is 7.14. The summed E-state index contributed by atoms with van der Waals surface area (Å²) in [5.74, 6) is -0.964. The zero-order valence-corrected chi connectivity index (χ0v) is 21.5. The van der Waals surface area contributed by atoms with Gasteiger partial charge in [-0.25, -0.2) is 9.78 Å². The number of fused-ring (bicyclic) bond motifs is 2. The van der Waals surface area contributed by atoms with Crippen LogP contribution < -0.4 is 5.32 Å². The second-order valence-corrected chi connectivity index (χ2v) is 9.92. The Hall–Kier alpha value is -3.33. The summed E-state index contributed by atoms with van der Waals surface area (Å²) in [6.45, 7) is 6.07. The summed E-state index contributed by atoms with van der Waals surface area (Å²) in [5, 5.41) is 6.42. The van der Waals surface area contributed by atoms with Gasteiger partial charge in [-0.05, 0) is 31.7 Å². The van der Waals surface area contributed by atoms with E-state index in [1.165, 1.54) is 11.3 Å². The molecule has 0 bridgehead atoms. The first-order valence-corrected chi connectivity index (χ1v) is 13.0. The molecule has 4 aromatic rings. The van der Waals surface area contributed by atoms with Crippen molar-refractivity contribution in [2.75, 3.05) is 18.4 Å². The Morgan fingerprint density at radius 1 is 1.17 bits per heavy atom. The van der Waals surface area contributed by atoms with Gasteiger partial charge >= 0.3 is 5.97 Å². The molecular weight excluding hydrogens is 496 g/mol. The van der Waals surface area contributed by atoms with Crippen molar-refractivity contribution in [3.05, 3.63) is 75.8 Å². The molecule has 3 heterocycles. The van der Waals surface area contributed by atoms with Crippen LogP contribution in [0.1, 0.15) is 35.5 Å². The van der Waals surface area contributed by atoms with Crippen LogP contribution in [0.2, 0.25) is 5.02 Å². The number of anilines is 1. The van der Waals surface area contributed by atoms with Crippen molar-refractivity contribution < 1.29 is 14.3 Å². The normalized spacial score (nSPS) is 14.3. The smallest absolute Gasteiger partial charge is 0.339 e. The number of hydrogen-bond donors (Lipinski definition) is 1.